The van der Waals surface area contributed by atoms with Crippen molar-refractivity contribution in [1.82, 2.24) is 0 Å². The summed E-state index contributed by atoms with van der Waals surface area (Å²) in [6.07, 6.45) is 4.54. The third-order valence-corrected chi connectivity index (χ3v) is 3.65. The first-order chi connectivity index (χ1) is 10.2. The largest absolute Gasteiger partial charge is 0.363 e. The van der Waals surface area contributed by atoms with Crippen LogP contribution in [0.1, 0.15) is 43.7 Å². The summed E-state index contributed by atoms with van der Waals surface area (Å²) in [5.74, 6) is 19.2. The van der Waals surface area contributed by atoms with Gasteiger partial charge in [0.1, 0.15) is 0 Å². The normalized spacial score (nSPS) is 16.7. The van der Waals surface area contributed by atoms with Gasteiger partial charge in [-0.1, -0.05) is 36.0 Å². The van der Waals surface area contributed by atoms with Crippen molar-refractivity contribution in [3.05, 3.63) is 35.4 Å². The Hall–Kier alpha value is -2.14. The second kappa shape index (κ2) is 5.69. The number of aliphatic hydroxyl groups is 1. The molecule has 0 heterocycles. The van der Waals surface area contributed by atoms with Crippen LogP contribution in [-0.2, 0) is 5.60 Å². The van der Waals surface area contributed by atoms with Crippen LogP contribution in [-0.4, -0.2) is 5.11 Å². The van der Waals surface area contributed by atoms with Gasteiger partial charge < -0.3 is 5.11 Å². The highest BCUT2D eigenvalue weighted by Gasteiger charge is 2.29. The minimum Gasteiger partial charge on any atom is -0.363 e. The molecule has 1 aromatic carbocycles. The third-order valence-electron chi connectivity index (χ3n) is 3.65. The van der Waals surface area contributed by atoms with Crippen LogP contribution in [0.2, 0.25) is 0 Å². The van der Waals surface area contributed by atoms with Crippen LogP contribution >= 0.6 is 0 Å². The molecule has 0 saturated heterocycles. The van der Waals surface area contributed by atoms with Gasteiger partial charge in [-0.25, -0.2) is 0 Å². The zero-order chi connectivity index (χ0) is 14.7. The molecule has 2 aliphatic rings. The molecule has 0 aromatic heterocycles. The Morgan fingerprint density at radius 1 is 1.00 bits per heavy atom. The highest BCUT2D eigenvalue weighted by Crippen LogP contribution is 2.31. The molecule has 0 aliphatic heterocycles. The van der Waals surface area contributed by atoms with Crippen molar-refractivity contribution in [3.63, 3.8) is 0 Å². The Morgan fingerprint density at radius 3 is 2.10 bits per heavy atom. The van der Waals surface area contributed by atoms with E-state index in [-0.39, 0.29) is 0 Å². The molecule has 0 spiro atoms. The lowest BCUT2D eigenvalue weighted by Crippen LogP contribution is -2.23. The van der Waals surface area contributed by atoms with Gasteiger partial charge in [0.05, 0.1) is 0 Å². The molecule has 2 saturated carbocycles. The summed E-state index contributed by atoms with van der Waals surface area (Å²) in [5.41, 5.74) is 0.115. The van der Waals surface area contributed by atoms with Crippen LogP contribution in [0, 0.1) is 47.4 Å². The standard InChI is InChI=1S/C20H18O/c1-2-5-18-6-3-4-7-19(18)20(21,14-12-16-8-9-16)15-13-17-10-11-17/h3-4,6-7,16-17,21H,8-11H2,1H3. The van der Waals surface area contributed by atoms with Crippen molar-refractivity contribution in [2.75, 3.05) is 0 Å². The van der Waals surface area contributed by atoms with Gasteiger partial charge in [-0.15, -0.1) is 5.92 Å². The van der Waals surface area contributed by atoms with E-state index in [9.17, 15) is 5.11 Å². The van der Waals surface area contributed by atoms with Crippen LogP contribution in [0.25, 0.3) is 0 Å². The van der Waals surface area contributed by atoms with Crippen LogP contribution in [0.4, 0.5) is 0 Å². The van der Waals surface area contributed by atoms with E-state index in [1.54, 1.807) is 6.92 Å². The van der Waals surface area contributed by atoms with Gasteiger partial charge in [0, 0.05) is 23.0 Å². The molecule has 1 aromatic rings. The van der Waals surface area contributed by atoms with Gasteiger partial charge in [-0.2, -0.15) is 0 Å². The van der Waals surface area contributed by atoms with Crippen LogP contribution in [0.5, 0.6) is 0 Å². The highest BCUT2D eigenvalue weighted by molar-refractivity contribution is 5.52. The summed E-state index contributed by atoms with van der Waals surface area (Å²) in [7, 11) is 0. The third kappa shape index (κ3) is 3.49. The van der Waals surface area contributed by atoms with E-state index in [1.165, 1.54) is 0 Å². The Morgan fingerprint density at radius 2 is 1.57 bits per heavy atom. The molecular formula is C20H18O. The smallest absolute Gasteiger partial charge is 0.215 e. The first-order valence-corrected chi connectivity index (χ1v) is 7.51. The molecule has 3 rings (SSSR count). The summed E-state index contributed by atoms with van der Waals surface area (Å²) >= 11 is 0. The fourth-order valence-corrected chi connectivity index (χ4v) is 2.08. The fourth-order valence-electron chi connectivity index (χ4n) is 2.08. The van der Waals surface area contributed by atoms with E-state index in [4.69, 9.17) is 0 Å². The first-order valence-electron chi connectivity index (χ1n) is 7.51. The van der Waals surface area contributed by atoms with E-state index in [2.05, 4.69) is 35.5 Å². The molecule has 2 aliphatic carbocycles. The molecule has 0 amide bonds. The SMILES string of the molecule is CC#Cc1ccccc1C(O)(C#CC1CC1)C#CC1CC1. The van der Waals surface area contributed by atoms with Gasteiger partial charge in [0.25, 0.3) is 0 Å². The number of hydrogen-bond acceptors (Lipinski definition) is 1. The lowest BCUT2D eigenvalue weighted by Gasteiger charge is -2.18. The second-order valence-electron chi connectivity index (χ2n) is 5.72. The maximum atomic E-state index is 11.0. The molecule has 21 heavy (non-hydrogen) atoms. The van der Waals surface area contributed by atoms with Gasteiger partial charge >= 0.3 is 0 Å². The number of rotatable bonds is 1. The Labute approximate surface area is 126 Å². The molecule has 1 N–H and O–H groups in total. The topological polar surface area (TPSA) is 20.2 Å². The van der Waals surface area contributed by atoms with Crippen molar-refractivity contribution in [2.45, 2.75) is 38.2 Å². The van der Waals surface area contributed by atoms with E-state index in [0.717, 1.165) is 31.2 Å². The quantitative estimate of drug-likeness (QED) is 0.780. The zero-order valence-corrected chi connectivity index (χ0v) is 12.2. The minimum absolute atomic E-state index is 0.434. The van der Waals surface area contributed by atoms with Gasteiger partial charge in [0.15, 0.2) is 0 Å². The summed E-state index contributed by atoms with van der Waals surface area (Å²) in [5, 5.41) is 11.0. The van der Waals surface area contributed by atoms with Crippen molar-refractivity contribution in [1.29, 1.82) is 0 Å². The number of benzene rings is 1. The van der Waals surface area contributed by atoms with Gasteiger partial charge in [-0.05, 0) is 50.5 Å². The predicted molar refractivity (Wildman–Crippen MR) is 83.9 cm³/mol. The van der Waals surface area contributed by atoms with Gasteiger partial charge in [0.2, 0.25) is 5.60 Å². The molecule has 0 atom stereocenters. The van der Waals surface area contributed by atoms with Crippen LogP contribution in [0.15, 0.2) is 24.3 Å². The average Bonchev–Trinajstić information content (AvgIpc) is 3.39. The summed E-state index contributed by atoms with van der Waals surface area (Å²) in [4.78, 5) is 0. The molecular weight excluding hydrogens is 256 g/mol. The van der Waals surface area contributed by atoms with E-state index >= 15 is 0 Å². The number of hydrogen-bond donors (Lipinski definition) is 1. The van der Waals surface area contributed by atoms with Crippen molar-refractivity contribution < 1.29 is 5.11 Å². The zero-order valence-electron chi connectivity index (χ0n) is 12.2. The summed E-state index contributed by atoms with van der Waals surface area (Å²) < 4.78 is 0. The maximum Gasteiger partial charge on any atom is 0.215 e. The lowest BCUT2D eigenvalue weighted by atomic mass is 9.90. The predicted octanol–water partition coefficient (Wildman–Crippen LogP) is 3.07. The molecule has 0 bridgehead atoms. The molecule has 1 nitrogen and oxygen atoms in total. The van der Waals surface area contributed by atoms with Crippen molar-refractivity contribution >= 4 is 0 Å². The molecule has 1 heteroatoms. The monoisotopic (exact) mass is 274 g/mol. The van der Waals surface area contributed by atoms with E-state index in [0.29, 0.717) is 17.4 Å². The van der Waals surface area contributed by atoms with E-state index < -0.39 is 5.60 Å². The summed E-state index contributed by atoms with van der Waals surface area (Å²) in [6, 6.07) is 7.61. The summed E-state index contributed by atoms with van der Waals surface area (Å²) in [6.45, 7) is 1.79. The Kier molecular flexibility index (Phi) is 3.75. The van der Waals surface area contributed by atoms with Gasteiger partial charge in [-0.3, -0.25) is 0 Å². The molecule has 0 unspecified atom stereocenters. The molecule has 2 fully saturated rings. The minimum atomic E-state index is -1.40. The highest BCUT2D eigenvalue weighted by atomic mass is 16.3. The Bertz CT molecular complexity index is 686. The fraction of sp³-hybridized carbons (Fsp3) is 0.400. The Balaban J connectivity index is 2.03. The lowest BCUT2D eigenvalue weighted by molar-refractivity contribution is 0.164. The maximum absolute atomic E-state index is 11.0. The van der Waals surface area contributed by atoms with E-state index in [1.807, 2.05) is 24.3 Å². The van der Waals surface area contributed by atoms with Crippen LogP contribution in [0.3, 0.4) is 0 Å². The van der Waals surface area contributed by atoms with Crippen LogP contribution < -0.4 is 0 Å². The second-order valence-corrected chi connectivity index (χ2v) is 5.72. The van der Waals surface area contributed by atoms with Crippen molar-refractivity contribution in [3.8, 4) is 35.5 Å². The van der Waals surface area contributed by atoms with Crippen molar-refractivity contribution in [2.24, 2.45) is 11.8 Å². The average molecular weight is 274 g/mol. The first kappa shape index (κ1) is 13.8. The molecule has 0 radical (unpaired) electrons. The molecule has 104 valence electrons.